The van der Waals surface area contributed by atoms with Crippen LogP contribution < -0.4 is 0 Å². The maximum absolute atomic E-state index is 2.00. The average Bonchev–Trinajstić information content (AvgIpc) is 1.36. The van der Waals surface area contributed by atoms with Crippen LogP contribution in [0.4, 0.5) is 0 Å². The fraction of sp³-hybridized carbons (Fsp3) is 0.333. The summed E-state index contributed by atoms with van der Waals surface area (Å²) in [4.78, 5) is 0. The Bertz CT molecular complexity index is 40.4. The van der Waals surface area contributed by atoms with Crippen molar-refractivity contribution in [1.29, 1.82) is 0 Å². The molecule has 0 nitrogen and oxygen atoms in total. The molecular formula is C6H10. The van der Waals surface area contributed by atoms with Crippen LogP contribution >= 0.6 is 0 Å². The smallest absolute Gasteiger partial charge is 0.0623 e. The van der Waals surface area contributed by atoms with Gasteiger partial charge in [-0.05, 0) is 0 Å². The van der Waals surface area contributed by atoms with Gasteiger partial charge in [0.1, 0.15) is 0 Å². The van der Waals surface area contributed by atoms with Gasteiger partial charge in [0, 0.05) is 0 Å². The third kappa shape index (κ3) is 1.77. The Hall–Kier alpha value is -0.520. The molecule has 0 amide bonds. The van der Waals surface area contributed by atoms with E-state index in [4.69, 9.17) is 0 Å². The summed E-state index contributed by atoms with van der Waals surface area (Å²) in [7, 11) is 0. The first-order chi connectivity index (χ1) is 3.00. The summed E-state index contributed by atoms with van der Waals surface area (Å²) in [6, 6.07) is 0. The molecular weight excluding hydrogens is 72.1 g/mol. The molecule has 0 saturated carbocycles. The summed E-state index contributed by atoms with van der Waals surface area (Å²) in [5, 5.41) is 0. The second-order valence-electron chi connectivity index (χ2n) is 0.770. The van der Waals surface area contributed by atoms with Gasteiger partial charge in [0.05, 0.1) is 0 Å². The largest absolute Gasteiger partial charge is 0.0683 e. The average molecular weight is 82.1 g/mol. The fourth-order valence-electron chi connectivity index (χ4n) is 0.111. The molecule has 34 valence electrons. The molecule has 0 aromatic rings. The molecule has 0 heteroatoms. The highest BCUT2D eigenvalue weighted by Crippen LogP contribution is 1.86. The van der Waals surface area contributed by atoms with E-state index < -0.39 is 0 Å². The molecule has 0 atom stereocenters. The normalized spacial score (nSPS) is 11.7. The molecule has 0 aliphatic heterocycles. The minimum Gasteiger partial charge on any atom is -0.0683 e. The number of hydrogen-bond donors (Lipinski definition) is 0. The molecule has 0 heterocycles. The van der Waals surface area contributed by atoms with Crippen LogP contribution in [0.3, 0.4) is 0 Å². The molecule has 0 unspecified atom stereocenters. The zero-order valence-electron chi connectivity index (χ0n) is 4.31. The predicted octanol–water partition coefficient (Wildman–Crippen LogP) is 2.14. The van der Waals surface area contributed by atoms with Gasteiger partial charge in [-0.25, -0.2) is 0 Å². The van der Waals surface area contributed by atoms with Gasteiger partial charge >= 0.3 is 0 Å². The quantitative estimate of drug-likeness (QED) is 0.420. The molecule has 0 saturated heterocycles. The van der Waals surface area contributed by atoms with Crippen LogP contribution in [0.15, 0.2) is 24.3 Å². The van der Waals surface area contributed by atoms with Gasteiger partial charge in [-0.3, -0.25) is 0 Å². The Morgan fingerprint density at radius 1 is 0.667 bits per heavy atom. The first-order valence-corrected chi connectivity index (χ1v) is 2.33. The van der Waals surface area contributed by atoms with E-state index in [0.29, 0.717) is 0 Å². The Labute approximate surface area is 39.2 Å². The van der Waals surface area contributed by atoms with E-state index in [-0.39, 0.29) is 0 Å². The third-order valence-electron chi connectivity index (χ3n) is 0.444. The van der Waals surface area contributed by atoms with Gasteiger partial charge < -0.3 is 0 Å². The van der Waals surface area contributed by atoms with Crippen molar-refractivity contribution in [1.82, 2.24) is 0 Å². The molecule has 1 rings (SSSR count). The van der Waals surface area contributed by atoms with Crippen molar-refractivity contribution >= 4 is 0 Å². The summed E-state index contributed by atoms with van der Waals surface area (Å²) in [6.07, 6.45) is 8.00. The molecule has 6 heavy (non-hydrogen) atoms. The molecule has 1 aliphatic carbocycles. The standard InChI is InChI=1S/C4H4.C2H6/c1-2-4-3-1;1-2/h1-4H;1-2H3. The monoisotopic (exact) mass is 82.1 g/mol. The molecule has 0 N–H and O–H groups in total. The van der Waals surface area contributed by atoms with Crippen molar-refractivity contribution in [2.24, 2.45) is 0 Å². The zero-order valence-corrected chi connectivity index (χ0v) is 4.31. The maximum atomic E-state index is 2.00. The molecule has 1 aliphatic rings. The highest BCUT2D eigenvalue weighted by Gasteiger charge is 1.65. The van der Waals surface area contributed by atoms with Crippen molar-refractivity contribution in [3.8, 4) is 0 Å². The molecule has 0 radical (unpaired) electrons. The van der Waals surface area contributed by atoms with E-state index in [1.54, 1.807) is 0 Å². The molecule has 0 fully saturated rings. The number of allylic oxidation sites excluding steroid dienone is 4. The summed E-state index contributed by atoms with van der Waals surface area (Å²) >= 11 is 0. The van der Waals surface area contributed by atoms with Gasteiger partial charge in [-0.1, -0.05) is 38.2 Å². The first-order valence-electron chi connectivity index (χ1n) is 2.33. The lowest BCUT2D eigenvalue weighted by molar-refractivity contribution is 1.50. The fourth-order valence-corrected chi connectivity index (χ4v) is 0.111. The zero-order chi connectivity index (χ0) is 4.83. The maximum Gasteiger partial charge on any atom is -0.0623 e. The molecule has 0 aromatic heterocycles. The van der Waals surface area contributed by atoms with Gasteiger partial charge in [-0.2, -0.15) is 0 Å². The van der Waals surface area contributed by atoms with E-state index in [2.05, 4.69) is 0 Å². The molecule has 0 aromatic carbocycles. The van der Waals surface area contributed by atoms with Crippen LogP contribution in [-0.2, 0) is 0 Å². The lowest BCUT2D eigenvalue weighted by Crippen LogP contribution is -1.55. The van der Waals surface area contributed by atoms with Gasteiger partial charge in [-0.15, -0.1) is 0 Å². The third-order valence-corrected chi connectivity index (χ3v) is 0.444. The minimum absolute atomic E-state index is 2.00. The topological polar surface area (TPSA) is 0 Å². The second-order valence-corrected chi connectivity index (χ2v) is 0.770. The number of rotatable bonds is 0. The van der Waals surface area contributed by atoms with Crippen LogP contribution in [0, 0.1) is 0 Å². The van der Waals surface area contributed by atoms with Crippen molar-refractivity contribution in [3.63, 3.8) is 0 Å². The second kappa shape index (κ2) is 4.48. The van der Waals surface area contributed by atoms with E-state index in [0.717, 1.165) is 0 Å². The Kier molecular flexibility index (Phi) is 4.09. The SMILES string of the molecule is C1=CC=C1.CC. The first kappa shape index (κ1) is 5.48. The van der Waals surface area contributed by atoms with Crippen LogP contribution in [0.1, 0.15) is 13.8 Å². The van der Waals surface area contributed by atoms with Crippen LogP contribution in [-0.4, -0.2) is 0 Å². The van der Waals surface area contributed by atoms with E-state index >= 15 is 0 Å². The Balaban J connectivity index is 0.000000112. The molecule has 0 bridgehead atoms. The van der Waals surface area contributed by atoms with Crippen molar-refractivity contribution in [2.75, 3.05) is 0 Å². The highest BCUT2D eigenvalue weighted by atomic mass is 13.7. The lowest BCUT2D eigenvalue weighted by Gasteiger charge is -1.77. The van der Waals surface area contributed by atoms with Gasteiger partial charge in [0.2, 0.25) is 0 Å². The summed E-state index contributed by atoms with van der Waals surface area (Å²) < 4.78 is 0. The Morgan fingerprint density at radius 2 is 0.833 bits per heavy atom. The van der Waals surface area contributed by atoms with E-state index in [9.17, 15) is 0 Å². The summed E-state index contributed by atoms with van der Waals surface area (Å²) in [6.45, 7) is 4.00. The molecule has 0 spiro atoms. The van der Waals surface area contributed by atoms with E-state index in [1.807, 2.05) is 38.2 Å². The van der Waals surface area contributed by atoms with E-state index in [1.165, 1.54) is 0 Å². The predicted molar refractivity (Wildman–Crippen MR) is 29.6 cm³/mol. The Morgan fingerprint density at radius 3 is 0.833 bits per heavy atom. The number of hydrogen-bond acceptors (Lipinski definition) is 0. The van der Waals surface area contributed by atoms with Crippen LogP contribution in [0.5, 0.6) is 0 Å². The summed E-state index contributed by atoms with van der Waals surface area (Å²) in [5.74, 6) is 0. The highest BCUT2D eigenvalue weighted by molar-refractivity contribution is 5.22. The van der Waals surface area contributed by atoms with Gasteiger partial charge in [0.15, 0.2) is 0 Å². The van der Waals surface area contributed by atoms with Crippen LogP contribution in [0.25, 0.3) is 0 Å². The van der Waals surface area contributed by atoms with Gasteiger partial charge in [0.25, 0.3) is 0 Å². The lowest BCUT2D eigenvalue weighted by atomic mass is 10.3. The minimum atomic E-state index is 2.00. The van der Waals surface area contributed by atoms with Crippen LogP contribution in [0.2, 0.25) is 0 Å². The summed E-state index contributed by atoms with van der Waals surface area (Å²) in [5.41, 5.74) is 0. The van der Waals surface area contributed by atoms with Crippen molar-refractivity contribution in [2.45, 2.75) is 13.8 Å². The van der Waals surface area contributed by atoms with Crippen molar-refractivity contribution in [3.05, 3.63) is 24.3 Å². The van der Waals surface area contributed by atoms with Crippen molar-refractivity contribution < 1.29 is 0 Å².